The van der Waals surface area contributed by atoms with Gasteiger partial charge in [0.2, 0.25) is 0 Å². The molecule has 0 aliphatic heterocycles. The van der Waals surface area contributed by atoms with Crippen molar-refractivity contribution in [1.29, 1.82) is 0 Å². The summed E-state index contributed by atoms with van der Waals surface area (Å²) in [5, 5.41) is 0. The molecule has 0 amide bonds. The van der Waals surface area contributed by atoms with Crippen molar-refractivity contribution in [2.75, 3.05) is 13.2 Å². The van der Waals surface area contributed by atoms with Gasteiger partial charge in [-0.3, -0.25) is 14.4 Å². The summed E-state index contributed by atoms with van der Waals surface area (Å²) in [6, 6.07) is 0. The van der Waals surface area contributed by atoms with Crippen molar-refractivity contribution < 1.29 is 28.6 Å². The zero-order valence-electron chi connectivity index (χ0n) is 55.3. The molecule has 0 heterocycles. The molecule has 0 radical (unpaired) electrons. The summed E-state index contributed by atoms with van der Waals surface area (Å²) in [4.78, 5) is 38.5. The van der Waals surface area contributed by atoms with E-state index in [-0.39, 0.29) is 31.1 Å². The maximum absolute atomic E-state index is 13.0. The van der Waals surface area contributed by atoms with Gasteiger partial charge in [-0.15, -0.1) is 0 Å². The molecule has 0 aliphatic carbocycles. The van der Waals surface area contributed by atoms with Crippen LogP contribution in [-0.4, -0.2) is 37.2 Å². The molecule has 0 aromatic heterocycles. The maximum Gasteiger partial charge on any atom is 0.306 e. The number of hydrogen-bond acceptors (Lipinski definition) is 6. The van der Waals surface area contributed by atoms with Crippen molar-refractivity contribution >= 4 is 17.9 Å². The van der Waals surface area contributed by atoms with Gasteiger partial charge in [0.1, 0.15) is 13.2 Å². The lowest BCUT2D eigenvalue weighted by Crippen LogP contribution is -2.30. The molecule has 0 spiro atoms. The van der Waals surface area contributed by atoms with Gasteiger partial charge in [-0.25, -0.2) is 0 Å². The summed E-state index contributed by atoms with van der Waals surface area (Å²) < 4.78 is 17.0. The van der Waals surface area contributed by atoms with E-state index in [0.717, 1.165) is 83.5 Å². The topological polar surface area (TPSA) is 78.9 Å². The number of esters is 3. The van der Waals surface area contributed by atoms with Gasteiger partial charge in [-0.2, -0.15) is 0 Å². The van der Waals surface area contributed by atoms with Gasteiger partial charge < -0.3 is 14.2 Å². The van der Waals surface area contributed by atoms with Crippen molar-refractivity contribution in [3.63, 3.8) is 0 Å². The Morgan fingerprint density at radius 1 is 0.256 bits per heavy atom. The lowest BCUT2D eigenvalue weighted by atomic mass is 10.0. The fourth-order valence-corrected chi connectivity index (χ4v) is 11.1. The summed E-state index contributed by atoms with van der Waals surface area (Å²) in [5.41, 5.74) is 0. The van der Waals surface area contributed by atoms with E-state index in [4.69, 9.17) is 14.2 Å². The van der Waals surface area contributed by atoms with Crippen LogP contribution in [0.2, 0.25) is 0 Å². The van der Waals surface area contributed by atoms with E-state index < -0.39 is 6.10 Å². The molecule has 82 heavy (non-hydrogen) atoms. The third-order valence-corrected chi connectivity index (χ3v) is 16.6. The highest BCUT2D eigenvalue weighted by atomic mass is 16.6. The van der Waals surface area contributed by atoms with Crippen molar-refractivity contribution in [2.45, 2.75) is 406 Å². The SMILES string of the molecule is CC/C=C\C/C=C\C/C=C\C/C=C\CCCCCCCCCCCCCCCCC(=O)OCC(COC(=O)CCCCCCCCCCCCCCCCCCCC)OC(=O)CCCCCCCCCCCCCCCCCCCCC. The molecule has 0 N–H and O–H groups in total. The van der Waals surface area contributed by atoms with E-state index in [1.165, 1.54) is 276 Å². The van der Waals surface area contributed by atoms with E-state index in [1.807, 2.05) is 0 Å². The van der Waals surface area contributed by atoms with Crippen LogP contribution >= 0.6 is 0 Å². The zero-order valence-corrected chi connectivity index (χ0v) is 55.3. The van der Waals surface area contributed by atoms with E-state index in [1.54, 1.807) is 0 Å². The Hall–Kier alpha value is -2.63. The Bertz CT molecular complexity index is 1410. The van der Waals surface area contributed by atoms with Crippen LogP contribution in [-0.2, 0) is 28.6 Å². The minimum Gasteiger partial charge on any atom is -0.462 e. The van der Waals surface area contributed by atoms with Gasteiger partial charge in [0.15, 0.2) is 6.10 Å². The third-order valence-electron chi connectivity index (χ3n) is 16.6. The monoisotopic (exact) mass is 1150 g/mol. The van der Waals surface area contributed by atoms with Gasteiger partial charge in [0.05, 0.1) is 0 Å². The van der Waals surface area contributed by atoms with Gasteiger partial charge in [0.25, 0.3) is 0 Å². The Morgan fingerprint density at radius 2 is 0.476 bits per heavy atom. The van der Waals surface area contributed by atoms with Gasteiger partial charge in [-0.1, -0.05) is 371 Å². The zero-order chi connectivity index (χ0) is 59.2. The normalized spacial score (nSPS) is 12.3. The fraction of sp³-hybridized carbons (Fsp3) is 0.855. The second-order valence-electron chi connectivity index (χ2n) is 24.8. The second-order valence-corrected chi connectivity index (χ2v) is 24.8. The van der Waals surface area contributed by atoms with E-state index >= 15 is 0 Å². The Labute approximate surface area is 511 Å². The number of carbonyl (C=O) groups excluding carboxylic acids is 3. The van der Waals surface area contributed by atoms with Crippen LogP contribution in [0.3, 0.4) is 0 Å². The average Bonchev–Trinajstić information content (AvgIpc) is 3.47. The Morgan fingerprint density at radius 3 is 0.744 bits per heavy atom. The first-order chi connectivity index (χ1) is 40.5. The largest absolute Gasteiger partial charge is 0.462 e. The van der Waals surface area contributed by atoms with Crippen LogP contribution in [0.15, 0.2) is 48.6 Å². The molecule has 6 nitrogen and oxygen atoms in total. The summed E-state index contributed by atoms with van der Waals surface area (Å²) in [5.74, 6) is -0.832. The molecule has 0 fully saturated rings. The molecule has 0 aliphatic rings. The number of carbonyl (C=O) groups is 3. The first-order valence-electron chi connectivity index (χ1n) is 36.6. The molecule has 0 aromatic rings. The molecule has 6 heteroatoms. The predicted molar refractivity (Wildman–Crippen MR) is 358 cm³/mol. The van der Waals surface area contributed by atoms with E-state index in [0.29, 0.717) is 19.3 Å². The van der Waals surface area contributed by atoms with Crippen LogP contribution in [0, 0.1) is 0 Å². The molecular formula is C76H140O6. The number of hydrogen-bond donors (Lipinski definition) is 0. The molecule has 0 aromatic carbocycles. The summed E-state index contributed by atoms with van der Waals surface area (Å²) in [7, 11) is 0. The van der Waals surface area contributed by atoms with Crippen molar-refractivity contribution in [2.24, 2.45) is 0 Å². The number of allylic oxidation sites excluding steroid dienone is 8. The third kappa shape index (κ3) is 68.2. The van der Waals surface area contributed by atoms with E-state index in [2.05, 4.69) is 69.4 Å². The lowest BCUT2D eigenvalue weighted by Gasteiger charge is -2.18. The van der Waals surface area contributed by atoms with Crippen molar-refractivity contribution in [3.8, 4) is 0 Å². The van der Waals surface area contributed by atoms with Crippen LogP contribution in [0.5, 0.6) is 0 Å². The predicted octanol–water partition coefficient (Wildman–Crippen LogP) is 25.3. The standard InChI is InChI=1S/C76H140O6/c1-4-7-10-13-16-19-22-25-28-31-34-35-36-37-38-39-40-41-43-45-48-51-54-57-60-63-66-69-75(78)81-72-73(71-80-74(77)68-65-62-59-56-53-50-47-44-33-30-27-24-21-18-15-12-9-6-3)82-76(79)70-67-64-61-58-55-52-49-46-42-32-29-26-23-20-17-14-11-8-5-2/h7,10,16,19,25,28,34-35,73H,4-6,8-9,11-15,17-18,20-24,26-27,29-33,36-72H2,1-3H3/b10-7-,19-16-,28-25-,35-34-. The van der Waals surface area contributed by atoms with Gasteiger partial charge >= 0.3 is 17.9 Å². The molecule has 1 atom stereocenters. The van der Waals surface area contributed by atoms with Crippen molar-refractivity contribution in [1.82, 2.24) is 0 Å². The lowest BCUT2D eigenvalue weighted by molar-refractivity contribution is -0.167. The van der Waals surface area contributed by atoms with Crippen LogP contribution in [0.25, 0.3) is 0 Å². The number of unbranched alkanes of at least 4 members (excludes halogenated alkanes) is 49. The first-order valence-corrected chi connectivity index (χ1v) is 36.6. The number of rotatable bonds is 68. The summed E-state index contributed by atoms with van der Waals surface area (Å²) >= 11 is 0. The first kappa shape index (κ1) is 79.4. The average molecular weight is 1150 g/mol. The molecule has 0 rings (SSSR count). The van der Waals surface area contributed by atoms with Crippen LogP contribution in [0.4, 0.5) is 0 Å². The Balaban J connectivity index is 4.27. The number of ether oxygens (including phenoxy) is 3. The maximum atomic E-state index is 13.0. The smallest absolute Gasteiger partial charge is 0.306 e. The fourth-order valence-electron chi connectivity index (χ4n) is 11.1. The second kappa shape index (κ2) is 70.9. The molecule has 0 saturated heterocycles. The highest BCUT2D eigenvalue weighted by Crippen LogP contribution is 2.19. The minimum absolute atomic E-state index is 0.0656. The quantitative estimate of drug-likeness (QED) is 0.0261. The van der Waals surface area contributed by atoms with Crippen LogP contribution in [0.1, 0.15) is 400 Å². The molecule has 0 bridgehead atoms. The summed E-state index contributed by atoms with van der Waals surface area (Å²) in [6.07, 6.45) is 90.0. The Kier molecular flexibility index (Phi) is 68.6. The molecule has 0 saturated carbocycles. The molecule has 480 valence electrons. The molecule has 1 unspecified atom stereocenters. The minimum atomic E-state index is -0.770. The molecular weight excluding hydrogens is 1010 g/mol. The van der Waals surface area contributed by atoms with Gasteiger partial charge in [-0.05, 0) is 57.8 Å². The highest BCUT2D eigenvalue weighted by Gasteiger charge is 2.19. The van der Waals surface area contributed by atoms with Crippen LogP contribution < -0.4 is 0 Å². The van der Waals surface area contributed by atoms with Crippen molar-refractivity contribution in [3.05, 3.63) is 48.6 Å². The van der Waals surface area contributed by atoms with Gasteiger partial charge in [0, 0.05) is 19.3 Å². The summed E-state index contributed by atoms with van der Waals surface area (Å²) in [6.45, 7) is 6.62. The van der Waals surface area contributed by atoms with E-state index in [9.17, 15) is 14.4 Å². The highest BCUT2D eigenvalue weighted by molar-refractivity contribution is 5.71.